The third kappa shape index (κ3) is 3.85. The fraction of sp³-hybridized carbons (Fsp3) is 0.368. The summed E-state index contributed by atoms with van der Waals surface area (Å²) in [5, 5.41) is 4.39. The Morgan fingerprint density at radius 1 is 1.13 bits per heavy atom. The molecular formula is C19H21ClFNO. The summed E-state index contributed by atoms with van der Waals surface area (Å²) in [5.74, 6) is 0.590. The Kier molecular flexibility index (Phi) is 4.88. The standard InChI is InChI=1S/C19H21ClFNO/c1-12(15-7-10-18(23-2)17(21)11-15)22-19(13-3-4-13)14-5-8-16(20)9-6-14/h5-13,19,22H,3-4H2,1-2H3. The third-order valence-corrected chi connectivity index (χ3v) is 4.68. The Morgan fingerprint density at radius 2 is 1.78 bits per heavy atom. The highest BCUT2D eigenvalue weighted by molar-refractivity contribution is 6.30. The van der Waals surface area contributed by atoms with Crippen molar-refractivity contribution in [1.29, 1.82) is 0 Å². The topological polar surface area (TPSA) is 21.3 Å². The lowest BCUT2D eigenvalue weighted by molar-refractivity contribution is 0.384. The van der Waals surface area contributed by atoms with Gasteiger partial charge in [0.1, 0.15) is 0 Å². The number of hydrogen-bond acceptors (Lipinski definition) is 2. The van der Waals surface area contributed by atoms with Crippen molar-refractivity contribution in [2.24, 2.45) is 5.92 Å². The molecule has 2 aromatic rings. The lowest BCUT2D eigenvalue weighted by atomic mass is 9.99. The average molecular weight is 334 g/mol. The number of hydrogen-bond donors (Lipinski definition) is 1. The van der Waals surface area contributed by atoms with Gasteiger partial charge in [-0.05, 0) is 61.1 Å². The van der Waals surface area contributed by atoms with Crippen LogP contribution in [-0.4, -0.2) is 7.11 Å². The molecule has 0 amide bonds. The van der Waals surface area contributed by atoms with Gasteiger partial charge in [-0.25, -0.2) is 4.39 Å². The second-order valence-electron chi connectivity index (χ2n) is 6.15. The van der Waals surface area contributed by atoms with Gasteiger partial charge in [0.05, 0.1) is 7.11 Å². The highest BCUT2D eigenvalue weighted by Crippen LogP contribution is 2.42. The fourth-order valence-electron chi connectivity index (χ4n) is 2.92. The molecule has 1 N–H and O–H groups in total. The molecule has 122 valence electrons. The van der Waals surface area contributed by atoms with Crippen molar-refractivity contribution in [1.82, 2.24) is 5.32 Å². The van der Waals surface area contributed by atoms with Gasteiger partial charge in [0, 0.05) is 17.1 Å². The zero-order valence-electron chi connectivity index (χ0n) is 13.4. The van der Waals surface area contributed by atoms with Gasteiger partial charge in [0.2, 0.25) is 0 Å². The molecular weight excluding hydrogens is 313 g/mol. The summed E-state index contributed by atoms with van der Waals surface area (Å²) in [4.78, 5) is 0. The first kappa shape index (κ1) is 16.3. The molecule has 1 aliphatic rings. The lowest BCUT2D eigenvalue weighted by Gasteiger charge is -2.24. The molecule has 0 spiro atoms. The number of methoxy groups -OCH3 is 1. The highest BCUT2D eigenvalue weighted by atomic mass is 35.5. The molecule has 2 unspecified atom stereocenters. The summed E-state index contributed by atoms with van der Waals surface area (Å²) >= 11 is 5.99. The Bertz CT molecular complexity index is 670. The van der Waals surface area contributed by atoms with Crippen LogP contribution in [-0.2, 0) is 0 Å². The van der Waals surface area contributed by atoms with E-state index in [0.717, 1.165) is 10.6 Å². The second-order valence-corrected chi connectivity index (χ2v) is 6.59. The van der Waals surface area contributed by atoms with Crippen LogP contribution >= 0.6 is 11.6 Å². The van der Waals surface area contributed by atoms with E-state index >= 15 is 0 Å². The van der Waals surface area contributed by atoms with Gasteiger partial charge in [0.25, 0.3) is 0 Å². The van der Waals surface area contributed by atoms with Gasteiger partial charge in [0.15, 0.2) is 11.6 Å². The quantitative estimate of drug-likeness (QED) is 0.775. The van der Waals surface area contributed by atoms with Gasteiger partial charge in [-0.1, -0.05) is 29.8 Å². The molecule has 0 radical (unpaired) electrons. The minimum atomic E-state index is -0.326. The van der Waals surface area contributed by atoms with Crippen LogP contribution in [0.2, 0.25) is 5.02 Å². The number of rotatable bonds is 6. The summed E-state index contributed by atoms with van der Waals surface area (Å²) in [7, 11) is 1.48. The van der Waals surface area contributed by atoms with E-state index < -0.39 is 0 Å². The number of halogens is 2. The van der Waals surface area contributed by atoms with E-state index in [1.165, 1.54) is 25.5 Å². The van der Waals surface area contributed by atoms with Crippen molar-refractivity contribution in [2.45, 2.75) is 31.8 Å². The molecule has 1 fully saturated rings. The first-order chi connectivity index (χ1) is 11.1. The molecule has 1 aliphatic carbocycles. The molecule has 2 nitrogen and oxygen atoms in total. The van der Waals surface area contributed by atoms with Crippen molar-refractivity contribution < 1.29 is 9.13 Å². The largest absolute Gasteiger partial charge is 0.494 e. The maximum absolute atomic E-state index is 13.9. The molecule has 0 heterocycles. The van der Waals surface area contributed by atoms with E-state index in [4.69, 9.17) is 16.3 Å². The van der Waals surface area contributed by atoms with E-state index in [0.29, 0.717) is 5.92 Å². The smallest absolute Gasteiger partial charge is 0.165 e. The monoisotopic (exact) mass is 333 g/mol. The maximum Gasteiger partial charge on any atom is 0.165 e. The van der Waals surface area contributed by atoms with Crippen LogP contribution in [0.25, 0.3) is 0 Å². The van der Waals surface area contributed by atoms with Crippen molar-refractivity contribution in [3.63, 3.8) is 0 Å². The number of nitrogens with one attached hydrogen (secondary N) is 1. The van der Waals surface area contributed by atoms with Gasteiger partial charge in [-0.2, -0.15) is 0 Å². The van der Waals surface area contributed by atoms with Crippen LogP contribution in [0, 0.1) is 11.7 Å². The van der Waals surface area contributed by atoms with Gasteiger partial charge < -0.3 is 10.1 Å². The van der Waals surface area contributed by atoms with E-state index in [2.05, 4.69) is 24.4 Å². The summed E-state index contributed by atoms with van der Waals surface area (Å²) in [6.45, 7) is 2.06. The molecule has 0 aliphatic heterocycles. The van der Waals surface area contributed by atoms with Crippen LogP contribution < -0.4 is 10.1 Å². The van der Waals surface area contributed by atoms with Crippen LogP contribution in [0.1, 0.15) is 43.0 Å². The van der Waals surface area contributed by atoms with E-state index in [-0.39, 0.29) is 23.7 Å². The zero-order chi connectivity index (χ0) is 16.4. The predicted octanol–water partition coefficient (Wildman–Crippen LogP) is 5.29. The normalized spacial score (nSPS) is 16.9. The fourth-order valence-corrected chi connectivity index (χ4v) is 3.05. The second kappa shape index (κ2) is 6.90. The van der Waals surface area contributed by atoms with Crippen LogP contribution in [0.4, 0.5) is 4.39 Å². The molecule has 1 saturated carbocycles. The minimum absolute atomic E-state index is 0.0525. The highest BCUT2D eigenvalue weighted by Gasteiger charge is 2.33. The molecule has 0 aromatic heterocycles. The molecule has 4 heteroatoms. The molecule has 2 atom stereocenters. The molecule has 0 bridgehead atoms. The lowest BCUT2D eigenvalue weighted by Crippen LogP contribution is -2.26. The maximum atomic E-state index is 13.9. The first-order valence-electron chi connectivity index (χ1n) is 7.93. The van der Waals surface area contributed by atoms with Gasteiger partial charge in [-0.3, -0.25) is 0 Å². The molecule has 23 heavy (non-hydrogen) atoms. The van der Waals surface area contributed by atoms with Crippen molar-refractivity contribution in [3.05, 3.63) is 64.4 Å². The third-order valence-electron chi connectivity index (χ3n) is 4.43. The summed E-state index contributed by atoms with van der Waals surface area (Å²) in [5.41, 5.74) is 2.15. The van der Waals surface area contributed by atoms with E-state index in [1.54, 1.807) is 12.1 Å². The summed E-state index contributed by atoms with van der Waals surface area (Å²) < 4.78 is 18.9. The van der Waals surface area contributed by atoms with Crippen LogP contribution in [0.5, 0.6) is 5.75 Å². The first-order valence-corrected chi connectivity index (χ1v) is 8.31. The van der Waals surface area contributed by atoms with Crippen LogP contribution in [0.3, 0.4) is 0 Å². The molecule has 0 saturated heterocycles. The number of benzene rings is 2. The number of ether oxygens (including phenoxy) is 1. The van der Waals surface area contributed by atoms with Gasteiger partial charge >= 0.3 is 0 Å². The van der Waals surface area contributed by atoms with E-state index in [9.17, 15) is 4.39 Å². The van der Waals surface area contributed by atoms with E-state index in [1.807, 2.05) is 18.2 Å². The minimum Gasteiger partial charge on any atom is -0.494 e. The van der Waals surface area contributed by atoms with Crippen molar-refractivity contribution >= 4 is 11.6 Å². The zero-order valence-corrected chi connectivity index (χ0v) is 14.1. The summed E-state index contributed by atoms with van der Waals surface area (Å²) in [6.07, 6.45) is 2.45. The van der Waals surface area contributed by atoms with Crippen molar-refractivity contribution in [3.8, 4) is 5.75 Å². The molecule has 3 rings (SSSR count). The SMILES string of the molecule is COc1ccc(C(C)NC(c2ccc(Cl)cc2)C2CC2)cc1F. The Morgan fingerprint density at radius 3 is 2.35 bits per heavy atom. The molecule has 2 aromatic carbocycles. The predicted molar refractivity (Wildman–Crippen MR) is 91.4 cm³/mol. The Hall–Kier alpha value is -1.58. The van der Waals surface area contributed by atoms with Crippen LogP contribution in [0.15, 0.2) is 42.5 Å². The van der Waals surface area contributed by atoms with Crippen molar-refractivity contribution in [2.75, 3.05) is 7.11 Å². The average Bonchev–Trinajstić information content (AvgIpc) is 3.38. The Labute approximate surface area is 141 Å². The Balaban J connectivity index is 1.77. The van der Waals surface area contributed by atoms with Gasteiger partial charge in [-0.15, -0.1) is 0 Å². The summed E-state index contributed by atoms with van der Waals surface area (Å²) in [6, 6.07) is 13.4.